The number of hydrogen-bond donors (Lipinski definition) is 2. The van der Waals surface area contributed by atoms with E-state index in [1.165, 1.54) is 0 Å². The van der Waals surface area contributed by atoms with Crippen LogP contribution in [0.1, 0.15) is 6.92 Å². The molecule has 0 bridgehead atoms. The summed E-state index contributed by atoms with van der Waals surface area (Å²) >= 11 is 3.41. The maximum atomic E-state index is 5.55. The van der Waals surface area contributed by atoms with Gasteiger partial charge in [0.25, 0.3) is 6.01 Å². The van der Waals surface area contributed by atoms with Gasteiger partial charge in [-0.3, -0.25) is 0 Å². The molecule has 5 heteroatoms. The van der Waals surface area contributed by atoms with Crippen LogP contribution in [0.3, 0.4) is 0 Å². The number of fused-ring (bicyclic) bond motifs is 1. The zero-order valence-corrected chi connectivity index (χ0v) is 9.91. The Kier molecular flexibility index (Phi) is 2.93. The van der Waals surface area contributed by atoms with Gasteiger partial charge in [0.2, 0.25) is 0 Å². The molecule has 0 aliphatic carbocycles. The first kappa shape index (κ1) is 10.4. The predicted molar refractivity (Wildman–Crippen MR) is 63.8 cm³/mol. The molecule has 1 heterocycles. The standard InChI is InChI=1S/C10H12BrN3O/c1-6(5-12)13-10-14-8-4-2-3-7(11)9(8)15-10/h2-4,6H,5,12H2,1H3,(H,13,14). The van der Waals surface area contributed by atoms with Crippen LogP contribution in [0.2, 0.25) is 0 Å². The third-order valence-electron chi connectivity index (χ3n) is 2.09. The third kappa shape index (κ3) is 2.13. The summed E-state index contributed by atoms with van der Waals surface area (Å²) in [5.74, 6) is 0. The molecule has 0 spiro atoms. The molecule has 1 aromatic carbocycles. The minimum Gasteiger partial charge on any atom is -0.422 e. The second kappa shape index (κ2) is 4.20. The van der Waals surface area contributed by atoms with E-state index in [1.807, 2.05) is 25.1 Å². The van der Waals surface area contributed by atoms with Gasteiger partial charge < -0.3 is 15.5 Å². The lowest BCUT2D eigenvalue weighted by molar-refractivity contribution is 0.599. The van der Waals surface area contributed by atoms with E-state index in [4.69, 9.17) is 10.2 Å². The van der Waals surface area contributed by atoms with Gasteiger partial charge in [0.05, 0.1) is 4.47 Å². The molecule has 0 amide bonds. The average molecular weight is 270 g/mol. The largest absolute Gasteiger partial charge is 0.422 e. The fourth-order valence-electron chi connectivity index (χ4n) is 1.25. The van der Waals surface area contributed by atoms with Gasteiger partial charge in [0.15, 0.2) is 5.58 Å². The van der Waals surface area contributed by atoms with Crippen molar-refractivity contribution in [3.63, 3.8) is 0 Å². The highest BCUT2D eigenvalue weighted by atomic mass is 79.9. The fraction of sp³-hybridized carbons (Fsp3) is 0.300. The molecule has 0 aliphatic heterocycles. The van der Waals surface area contributed by atoms with Gasteiger partial charge in [0.1, 0.15) is 5.52 Å². The van der Waals surface area contributed by atoms with Crippen LogP contribution >= 0.6 is 15.9 Å². The summed E-state index contributed by atoms with van der Waals surface area (Å²) in [6, 6.07) is 6.41. The maximum Gasteiger partial charge on any atom is 0.295 e. The molecule has 0 radical (unpaired) electrons. The van der Waals surface area contributed by atoms with Gasteiger partial charge in [-0.25, -0.2) is 0 Å². The Balaban J connectivity index is 2.35. The summed E-state index contributed by atoms with van der Waals surface area (Å²) in [6.07, 6.45) is 0. The summed E-state index contributed by atoms with van der Waals surface area (Å²) in [4.78, 5) is 4.30. The number of anilines is 1. The molecular weight excluding hydrogens is 258 g/mol. The van der Waals surface area contributed by atoms with Crippen molar-refractivity contribution in [2.45, 2.75) is 13.0 Å². The number of nitrogens with two attached hydrogens (primary N) is 1. The normalized spacial score (nSPS) is 13.0. The average Bonchev–Trinajstić information content (AvgIpc) is 2.62. The van der Waals surface area contributed by atoms with Crippen LogP contribution in [-0.4, -0.2) is 17.6 Å². The van der Waals surface area contributed by atoms with Crippen molar-refractivity contribution < 1.29 is 4.42 Å². The molecule has 80 valence electrons. The number of nitrogens with one attached hydrogen (secondary N) is 1. The van der Waals surface area contributed by atoms with Crippen molar-refractivity contribution in [1.29, 1.82) is 0 Å². The summed E-state index contributed by atoms with van der Waals surface area (Å²) < 4.78 is 6.45. The number of oxazole rings is 1. The highest BCUT2D eigenvalue weighted by molar-refractivity contribution is 9.10. The smallest absolute Gasteiger partial charge is 0.295 e. The van der Waals surface area contributed by atoms with E-state index in [0.29, 0.717) is 12.6 Å². The Labute approximate surface area is 96.0 Å². The molecule has 0 saturated heterocycles. The molecular formula is C10H12BrN3O. The molecule has 0 saturated carbocycles. The van der Waals surface area contributed by atoms with Crippen molar-refractivity contribution >= 4 is 33.0 Å². The van der Waals surface area contributed by atoms with Crippen molar-refractivity contribution in [1.82, 2.24) is 4.98 Å². The molecule has 15 heavy (non-hydrogen) atoms. The molecule has 1 aromatic heterocycles. The summed E-state index contributed by atoms with van der Waals surface area (Å²) in [6.45, 7) is 2.52. The van der Waals surface area contributed by atoms with E-state index in [0.717, 1.165) is 15.6 Å². The van der Waals surface area contributed by atoms with Gasteiger partial charge in [-0.2, -0.15) is 4.98 Å². The first-order valence-corrected chi connectivity index (χ1v) is 5.51. The van der Waals surface area contributed by atoms with Crippen LogP contribution in [0.4, 0.5) is 6.01 Å². The number of rotatable bonds is 3. The number of aromatic nitrogens is 1. The molecule has 4 nitrogen and oxygen atoms in total. The maximum absolute atomic E-state index is 5.55. The van der Waals surface area contributed by atoms with E-state index in [9.17, 15) is 0 Å². The number of benzene rings is 1. The first-order valence-electron chi connectivity index (χ1n) is 4.72. The number of nitrogens with zero attached hydrogens (tertiary/aromatic N) is 1. The molecule has 1 unspecified atom stereocenters. The van der Waals surface area contributed by atoms with Crippen molar-refractivity contribution in [3.05, 3.63) is 22.7 Å². The number of hydrogen-bond acceptors (Lipinski definition) is 4. The van der Waals surface area contributed by atoms with E-state index >= 15 is 0 Å². The van der Waals surface area contributed by atoms with Crippen LogP contribution < -0.4 is 11.1 Å². The molecule has 1 atom stereocenters. The second-order valence-electron chi connectivity index (χ2n) is 3.39. The van der Waals surface area contributed by atoms with E-state index in [2.05, 4.69) is 26.2 Å². The van der Waals surface area contributed by atoms with Gasteiger partial charge in [-0.15, -0.1) is 0 Å². The minimum absolute atomic E-state index is 0.150. The highest BCUT2D eigenvalue weighted by Gasteiger charge is 2.09. The van der Waals surface area contributed by atoms with Crippen molar-refractivity contribution in [2.24, 2.45) is 5.73 Å². The van der Waals surface area contributed by atoms with Crippen LogP contribution in [-0.2, 0) is 0 Å². The number of halogens is 1. The molecule has 2 rings (SSSR count). The lowest BCUT2D eigenvalue weighted by atomic mass is 10.3. The molecule has 0 fully saturated rings. The topological polar surface area (TPSA) is 64.1 Å². The van der Waals surface area contributed by atoms with E-state index < -0.39 is 0 Å². The van der Waals surface area contributed by atoms with E-state index in [-0.39, 0.29) is 6.04 Å². The second-order valence-corrected chi connectivity index (χ2v) is 4.24. The minimum atomic E-state index is 0.150. The van der Waals surface area contributed by atoms with Gasteiger partial charge in [-0.05, 0) is 35.0 Å². The monoisotopic (exact) mass is 269 g/mol. The highest BCUT2D eigenvalue weighted by Crippen LogP contribution is 2.26. The Bertz CT molecular complexity index is 469. The quantitative estimate of drug-likeness (QED) is 0.898. The Morgan fingerprint density at radius 2 is 2.40 bits per heavy atom. The van der Waals surface area contributed by atoms with Gasteiger partial charge >= 0.3 is 0 Å². The predicted octanol–water partition coefficient (Wildman–Crippen LogP) is 2.35. The van der Waals surface area contributed by atoms with Gasteiger partial charge in [-0.1, -0.05) is 6.07 Å². The zero-order valence-electron chi connectivity index (χ0n) is 8.33. The molecule has 0 aliphatic rings. The molecule has 2 aromatic rings. The molecule has 3 N–H and O–H groups in total. The zero-order chi connectivity index (χ0) is 10.8. The van der Waals surface area contributed by atoms with Crippen LogP contribution in [0.25, 0.3) is 11.1 Å². The van der Waals surface area contributed by atoms with Crippen LogP contribution in [0.5, 0.6) is 0 Å². The lowest BCUT2D eigenvalue weighted by Crippen LogP contribution is -2.25. The Morgan fingerprint density at radius 1 is 1.60 bits per heavy atom. The van der Waals surface area contributed by atoms with Crippen LogP contribution in [0, 0.1) is 0 Å². The van der Waals surface area contributed by atoms with Crippen molar-refractivity contribution in [3.8, 4) is 0 Å². The Hall–Kier alpha value is -1.07. The van der Waals surface area contributed by atoms with Crippen LogP contribution in [0.15, 0.2) is 27.1 Å². The van der Waals surface area contributed by atoms with E-state index in [1.54, 1.807) is 0 Å². The SMILES string of the molecule is CC(CN)Nc1nc2cccc(Br)c2o1. The van der Waals surface area contributed by atoms with Crippen molar-refractivity contribution in [2.75, 3.05) is 11.9 Å². The summed E-state index contributed by atoms with van der Waals surface area (Å²) in [7, 11) is 0. The third-order valence-corrected chi connectivity index (χ3v) is 2.71. The van der Waals surface area contributed by atoms with Gasteiger partial charge in [0, 0.05) is 12.6 Å². The number of para-hydroxylation sites is 1. The summed E-state index contributed by atoms with van der Waals surface area (Å²) in [5, 5.41) is 3.08. The fourth-order valence-corrected chi connectivity index (χ4v) is 1.68. The summed E-state index contributed by atoms with van der Waals surface area (Å²) in [5.41, 5.74) is 7.09. The lowest BCUT2D eigenvalue weighted by Gasteiger charge is -2.07. The first-order chi connectivity index (χ1) is 7.20. The Morgan fingerprint density at radius 3 is 3.07 bits per heavy atom.